The summed E-state index contributed by atoms with van der Waals surface area (Å²) in [5.74, 6) is -0.700. The number of hydrogen-bond donors (Lipinski definition) is 1. The highest BCUT2D eigenvalue weighted by molar-refractivity contribution is 7.93. The molecule has 1 N–H and O–H groups in total. The Morgan fingerprint density at radius 1 is 1.21 bits per heavy atom. The Bertz CT molecular complexity index is 717. The molecule has 1 aromatic carbocycles. The van der Waals surface area contributed by atoms with Gasteiger partial charge in [0.2, 0.25) is 5.91 Å². The smallest absolute Gasteiger partial charge is 0.257 e. The molecule has 0 aliphatic carbocycles. The van der Waals surface area contributed by atoms with Crippen molar-refractivity contribution in [1.82, 2.24) is 4.72 Å². The van der Waals surface area contributed by atoms with Gasteiger partial charge < -0.3 is 0 Å². The van der Waals surface area contributed by atoms with E-state index in [4.69, 9.17) is 0 Å². The largest absolute Gasteiger partial charge is 0.274 e. The Labute approximate surface area is 112 Å². The number of amides is 1. The maximum absolute atomic E-state index is 11.4. The summed E-state index contributed by atoms with van der Waals surface area (Å²) in [4.78, 5) is 10.7. The van der Waals surface area contributed by atoms with Crippen LogP contribution in [0.3, 0.4) is 0 Å². The van der Waals surface area contributed by atoms with Crippen molar-refractivity contribution in [1.29, 1.82) is 0 Å². The molecule has 0 aromatic heterocycles. The number of carbonyl (C=O) groups excluding carboxylic acids is 1. The van der Waals surface area contributed by atoms with Gasteiger partial charge in [-0.3, -0.25) is 4.79 Å². The molecule has 0 saturated heterocycles. The Hall–Kier alpha value is -1.67. The Balaban J connectivity index is 3.05. The van der Waals surface area contributed by atoms with Crippen LogP contribution in [0.5, 0.6) is 0 Å². The van der Waals surface area contributed by atoms with Crippen molar-refractivity contribution in [3.63, 3.8) is 0 Å². The number of hydrogen-bond acceptors (Lipinski definition) is 5. The van der Waals surface area contributed by atoms with Crippen molar-refractivity contribution >= 4 is 31.8 Å². The Morgan fingerprint density at radius 2 is 1.84 bits per heavy atom. The number of sulfonamides is 1. The first-order chi connectivity index (χ1) is 8.60. The zero-order valence-corrected chi connectivity index (χ0v) is 12.0. The van der Waals surface area contributed by atoms with E-state index in [9.17, 15) is 21.6 Å². The predicted octanol–water partition coefficient (Wildman–Crippen LogP) is 0.527. The minimum atomic E-state index is -3.86. The quantitative estimate of drug-likeness (QED) is 0.875. The lowest BCUT2D eigenvalue weighted by molar-refractivity contribution is -0.117. The van der Waals surface area contributed by atoms with Crippen LogP contribution >= 0.6 is 0 Å². The fourth-order valence-electron chi connectivity index (χ4n) is 1.25. The maximum atomic E-state index is 11.4. The molecule has 0 fully saturated rings. The van der Waals surface area contributed by atoms with Crippen molar-refractivity contribution in [3.8, 4) is 0 Å². The second-order valence-electron chi connectivity index (χ2n) is 3.85. The number of benzene rings is 1. The summed E-state index contributed by atoms with van der Waals surface area (Å²) in [6.45, 7) is 1.08. The first kappa shape index (κ1) is 15.4. The SMILES string of the molecule is CC(=O)NS(=O)(=O)C=Cc1cccc(S(C)(=O)=O)c1. The van der Waals surface area contributed by atoms with E-state index in [1.54, 1.807) is 10.8 Å². The van der Waals surface area contributed by atoms with Crippen molar-refractivity contribution in [3.05, 3.63) is 35.2 Å². The van der Waals surface area contributed by atoms with Crippen LogP contribution in [-0.2, 0) is 24.7 Å². The number of sulfone groups is 1. The van der Waals surface area contributed by atoms with Gasteiger partial charge >= 0.3 is 0 Å². The van der Waals surface area contributed by atoms with Crippen LogP contribution in [0.2, 0.25) is 0 Å². The van der Waals surface area contributed by atoms with E-state index in [1.807, 2.05) is 0 Å². The van der Waals surface area contributed by atoms with E-state index in [1.165, 1.54) is 24.3 Å². The second-order valence-corrected chi connectivity index (χ2v) is 7.43. The van der Waals surface area contributed by atoms with Crippen molar-refractivity contribution in [2.75, 3.05) is 6.26 Å². The van der Waals surface area contributed by atoms with Gasteiger partial charge in [-0.15, -0.1) is 0 Å². The standard InChI is InChI=1S/C11H13NO5S2/c1-9(13)12-19(16,17)7-6-10-4-3-5-11(8-10)18(2,14)15/h3-8H,1-2H3,(H,12,13). The second kappa shape index (κ2) is 5.54. The van der Waals surface area contributed by atoms with Gasteiger partial charge in [0, 0.05) is 13.2 Å². The summed E-state index contributed by atoms with van der Waals surface area (Å²) in [6.07, 6.45) is 2.27. The maximum Gasteiger partial charge on any atom is 0.257 e. The molecule has 0 spiro atoms. The lowest BCUT2D eigenvalue weighted by Crippen LogP contribution is -2.25. The highest BCUT2D eigenvalue weighted by Crippen LogP contribution is 2.12. The minimum Gasteiger partial charge on any atom is -0.274 e. The molecule has 1 aromatic rings. The normalized spacial score (nSPS) is 12.5. The van der Waals surface area contributed by atoms with Gasteiger partial charge in [-0.05, 0) is 23.8 Å². The average Bonchev–Trinajstić information content (AvgIpc) is 2.24. The molecule has 0 saturated carbocycles. The summed E-state index contributed by atoms with van der Waals surface area (Å²) in [7, 11) is -7.21. The van der Waals surface area contributed by atoms with Gasteiger partial charge in [-0.2, -0.15) is 0 Å². The van der Waals surface area contributed by atoms with E-state index in [0.717, 1.165) is 18.6 Å². The molecular weight excluding hydrogens is 290 g/mol. The lowest BCUT2D eigenvalue weighted by atomic mass is 10.2. The summed E-state index contributed by atoms with van der Waals surface area (Å²) >= 11 is 0. The van der Waals surface area contributed by atoms with E-state index in [0.29, 0.717) is 5.56 Å². The highest BCUT2D eigenvalue weighted by atomic mass is 32.2. The van der Waals surface area contributed by atoms with Crippen LogP contribution in [0.4, 0.5) is 0 Å². The van der Waals surface area contributed by atoms with Crippen LogP contribution < -0.4 is 4.72 Å². The van der Waals surface area contributed by atoms with E-state index >= 15 is 0 Å². The third-order valence-corrected chi connectivity index (χ3v) is 4.19. The third-order valence-electron chi connectivity index (χ3n) is 2.01. The van der Waals surface area contributed by atoms with E-state index < -0.39 is 25.8 Å². The summed E-state index contributed by atoms with van der Waals surface area (Å²) in [5, 5.41) is 0.801. The predicted molar refractivity (Wildman–Crippen MR) is 71.3 cm³/mol. The van der Waals surface area contributed by atoms with Gasteiger partial charge in [0.25, 0.3) is 10.0 Å². The van der Waals surface area contributed by atoms with Gasteiger partial charge in [0.15, 0.2) is 9.84 Å². The summed E-state index contributed by atoms with van der Waals surface area (Å²) in [5.41, 5.74) is 0.400. The van der Waals surface area contributed by atoms with Crippen molar-refractivity contribution < 1.29 is 21.6 Å². The lowest BCUT2D eigenvalue weighted by Gasteiger charge is -2.00. The van der Waals surface area contributed by atoms with Crippen molar-refractivity contribution in [2.24, 2.45) is 0 Å². The zero-order chi connectivity index (χ0) is 14.7. The molecule has 0 atom stereocenters. The monoisotopic (exact) mass is 303 g/mol. The molecule has 1 rings (SSSR count). The van der Waals surface area contributed by atoms with Crippen LogP contribution in [0.15, 0.2) is 34.6 Å². The molecule has 0 radical (unpaired) electrons. The third kappa shape index (κ3) is 5.23. The first-order valence-electron chi connectivity index (χ1n) is 5.12. The molecular formula is C11H13NO5S2. The molecule has 1 amide bonds. The average molecular weight is 303 g/mol. The van der Waals surface area contributed by atoms with Crippen molar-refractivity contribution in [2.45, 2.75) is 11.8 Å². The molecule has 0 aliphatic rings. The van der Waals surface area contributed by atoms with Gasteiger partial charge in [-0.25, -0.2) is 21.6 Å². The van der Waals surface area contributed by atoms with Gasteiger partial charge in [-0.1, -0.05) is 12.1 Å². The molecule has 104 valence electrons. The molecule has 0 aliphatic heterocycles. The molecule has 8 heteroatoms. The van der Waals surface area contributed by atoms with Crippen LogP contribution in [0.1, 0.15) is 12.5 Å². The zero-order valence-electron chi connectivity index (χ0n) is 10.3. The van der Waals surface area contributed by atoms with E-state index in [-0.39, 0.29) is 4.90 Å². The summed E-state index contributed by atoms with van der Waals surface area (Å²) < 4.78 is 47.1. The summed E-state index contributed by atoms with van der Waals surface area (Å²) in [6, 6.07) is 5.81. The topological polar surface area (TPSA) is 97.4 Å². The van der Waals surface area contributed by atoms with E-state index in [2.05, 4.69) is 0 Å². The first-order valence-corrected chi connectivity index (χ1v) is 8.55. The fraction of sp³-hybridized carbons (Fsp3) is 0.182. The van der Waals surface area contributed by atoms with Crippen LogP contribution in [0, 0.1) is 0 Å². The number of rotatable bonds is 4. The fourth-order valence-corrected chi connectivity index (χ4v) is 2.73. The minimum absolute atomic E-state index is 0.0894. The molecule has 0 heterocycles. The number of nitrogens with one attached hydrogen (secondary N) is 1. The molecule has 0 unspecified atom stereocenters. The van der Waals surface area contributed by atoms with Gasteiger partial charge in [0.05, 0.1) is 10.3 Å². The number of carbonyl (C=O) groups is 1. The Kier molecular flexibility index (Phi) is 4.48. The van der Waals surface area contributed by atoms with Crippen LogP contribution in [0.25, 0.3) is 6.08 Å². The molecule has 19 heavy (non-hydrogen) atoms. The van der Waals surface area contributed by atoms with Gasteiger partial charge in [0.1, 0.15) is 0 Å². The molecule has 0 bridgehead atoms. The highest BCUT2D eigenvalue weighted by Gasteiger charge is 2.08. The molecule has 6 nitrogen and oxygen atoms in total. The Morgan fingerprint density at radius 3 is 2.37 bits per heavy atom. The van der Waals surface area contributed by atoms with Crippen LogP contribution in [-0.4, -0.2) is 29.0 Å².